The Labute approximate surface area is 124 Å². The Kier molecular flexibility index (Phi) is 3.78. The molecule has 2 saturated heterocycles. The molecule has 2 aliphatic rings. The number of halogens is 2. The van der Waals surface area contributed by atoms with Crippen molar-refractivity contribution in [2.24, 2.45) is 0 Å². The van der Waals surface area contributed by atoms with Gasteiger partial charge >= 0.3 is 0 Å². The van der Waals surface area contributed by atoms with Gasteiger partial charge in [0.1, 0.15) is 5.82 Å². The summed E-state index contributed by atoms with van der Waals surface area (Å²) in [4.78, 5) is 4.86. The lowest BCUT2D eigenvalue weighted by Crippen LogP contribution is -2.59. The van der Waals surface area contributed by atoms with Gasteiger partial charge < -0.3 is 10.6 Å². The second-order valence-corrected chi connectivity index (χ2v) is 6.38. The summed E-state index contributed by atoms with van der Waals surface area (Å²) in [6.45, 7) is 5.39. The zero-order chi connectivity index (χ0) is 14.3. The first-order valence-corrected chi connectivity index (χ1v) is 7.69. The molecule has 1 aromatic carbocycles. The minimum absolute atomic E-state index is 0.146. The fourth-order valence-electron chi connectivity index (χ4n) is 3.49. The van der Waals surface area contributed by atoms with Crippen molar-refractivity contribution in [1.29, 1.82) is 0 Å². The average Bonchev–Trinajstić information content (AvgIpc) is 2.42. The summed E-state index contributed by atoms with van der Waals surface area (Å²) >= 11 is 5.92. The number of piperazine rings is 1. The van der Waals surface area contributed by atoms with E-state index >= 15 is 0 Å². The van der Waals surface area contributed by atoms with E-state index in [1.165, 1.54) is 31.9 Å². The third-order valence-corrected chi connectivity index (χ3v) is 4.86. The molecule has 5 heteroatoms. The Morgan fingerprint density at radius 2 is 2.10 bits per heavy atom. The molecule has 0 radical (unpaired) electrons. The molecule has 0 amide bonds. The fraction of sp³-hybridized carbons (Fsp3) is 0.600. The minimum atomic E-state index is -0.447. The number of hydrogen-bond acceptors (Lipinski definition) is 3. The van der Waals surface area contributed by atoms with Gasteiger partial charge in [-0.05, 0) is 32.4 Å². The summed E-state index contributed by atoms with van der Waals surface area (Å²) in [5.41, 5.74) is 7.34. The largest absolute Gasteiger partial charge is 0.397 e. The van der Waals surface area contributed by atoms with Crippen molar-refractivity contribution in [3.63, 3.8) is 0 Å². The summed E-state index contributed by atoms with van der Waals surface area (Å²) in [6, 6.07) is 3.95. The zero-order valence-corrected chi connectivity index (χ0v) is 12.5. The van der Waals surface area contributed by atoms with Crippen LogP contribution in [-0.4, -0.2) is 36.6 Å². The maximum atomic E-state index is 13.5. The second-order valence-electron chi connectivity index (χ2n) is 5.97. The van der Waals surface area contributed by atoms with E-state index in [1.54, 1.807) is 6.07 Å². The topological polar surface area (TPSA) is 32.5 Å². The van der Waals surface area contributed by atoms with Crippen LogP contribution in [-0.2, 0) is 0 Å². The summed E-state index contributed by atoms with van der Waals surface area (Å²) in [5.74, 6) is -0.447. The molecule has 0 spiro atoms. The second kappa shape index (κ2) is 5.41. The highest BCUT2D eigenvalue weighted by Crippen LogP contribution is 2.34. The first-order chi connectivity index (χ1) is 9.56. The van der Waals surface area contributed by atoms with Crippen LogP contribution in [0.15, 0.2) is 12.1 Å². The number of nitrogen functional groups attached to an aromatic ring is 1. The Morgan fingerprint density at radius 1 is 1.30 bits per heavy atom. The first-order valence-electron chi connectivity index (χ1n) is 7.31. The molecule has 0 bridgehead atoms. The lowest BCUT2D eigenvalue weighted by molar-refractivity contribution is 0.115. The highest BCUT2D eigenvalue weighted by atomic mass is 35.5. The minimum Gasteiger partial charge on any atom is -0.397 e. The van der Waals surface area contributed by atoms with Gasteiger partial charge in [0.2, 0.25) is 0 Å². The number of piperidine rings is 1. The van der Waals surface area contributed by atoms with Gasteiger partial charge in [-0.25, -0.2) is 4.39 Å². The highest BCUT2D eigenvalue weighted by Gasteiger charge is 2.33. The number of anilines is 2. The molecule has 1 aromatic rings. The van der Waals surface area contributed by atoms with Gasteiger partial charge in [0.15, 0.2) is 0 Å². The van der Waals surface area contributed by atoms with Gasteiger partial charge in [-0.3, -0.25) is 4.90 Å². The molecule has 2 N–H and O–H groups in total. The number of hydrogen-bond donors (Lipinski definition) is 1. The molecular formula is C15H21ClFN3. The normalized spacial score (nSPS) is 27.4. The van der Waals surface area contributed by atoms with Crippen molar-refractivity contribution >= 4 is 23.0 Å². The third-order valence-electron chi connectivity index (χ3n) is 4.57. The molecule has 2 aliphatic heterocycles. The van der Waals surface area contributed by atoms with Gasteiger partial charge in [-0.15, -0.1) is 0 Å². The molecule has 3 nitrogen and oxygen atoms in total. The van der Waals surface area contributed by atoms with Crippen molar-refractivity contribution in [1.82, 2.24) is 4.90 Å². The Bertz CT molecular complexity index is 508. The van der Waals surface area contributed by atoms with Crippen LogP contribution in [0.4, 0.5) is 15.8 Å². The van der Waals surface area contributed by atoms with Gasteiger partial charge in [-0.1, -0.05) is 18.0 Å². The quantitative estimate of drug-likeness (QED) is 0.808. The molecular weight excluding hydrogens is 277 g/mol. The predicted molar refractivity (Wildman–Crippen MR) is 81.8 cm³/mol. The van der Waals surface area contributed by atoms with Crippen molar-refractivity contribution in [2.75, 3.05) is 30.3 Å². The Balaban J connectivity index is 1.88. The van der Waals surface area contributed by atoms with Crippen LogP contribution >= 0.6 is 11.6 Å². The molecule has 2 heterocycles. The van der Waals surface area contributed by atoms with Crippen LogP contribution in [0.25, 0.3) is 0 Å². The molecule has 2 unspecified atom stereocenters. The predicted octanol–water partition coefficient (Wildman–Crippen LogP) is 3.12. The van der Waals surface area contributed by atoms with Crippen LogP contribution in [0.5, 0.6) is 0 Å². The maximum Gasteiger partial charge on any atom is 0.143 e. The molecule has 0 aliphatic carbocycles. The Hall–Kier alpha value is -1.00. The van der Waals surface area contributed by atoms with Crippen molar-refractivity contribution in [3.05, 3.63) is 23.0 Å². The van der Waals surface area contributed by atoms with Crippen LogP contribution in [0.3, 0.4) is 0 Å². The lowest BCUT2D eigenvalue weighted by Gasteiger charge is -2.48. The fourth-order valence-corrected chi connectivity index (χ4v) is 3.65. The van der Waals surface area contributed by atoms with E-state index in [9.17, 15) is 4.39 Å². The first kappa shape index (κ1) is 14.0. The van der Waals surface area contributed by atoms with E-state index in [0.717, 1.165) is 18.8 Å². The van der Waals surface area contributed by atoms with Crippen LogP contribution in [0.1, 0.15) is 26.2 Å². The monoisotopic (exact) mass is 297 g/mol. The van der Waals surface area contributed by atoms with E-state index in [2.05, 4.69) is 16.7 Å². The van der Waals surface area contributed by atoms with E-state index in [-0.39, 0.29) is 5.02 Å². The maximum absolute atomic E-state index is 13.5. The smallest absolute Gasteiger partial charge is 0.143 e. The summed E-state index contributed by atoms with van der Waals surface area (Å²) in [6.07, 6.45) is 3.83. The number of rotatable bonds is 1. The summed E-state index contributed by atoms with van der Waals surface area (Å²) in [5, 5.41) is 0.146. The van der Waals surface area contributed by atoms with Crippen LogP contribution in [0, 0.1) is 5.82 Å². The highest BCUT2D eigenvalue weighted by molar-refractivity contribution is 6.31. The lowest BCUT2D eigenvalue weighted by atomic mass is 9.96. The molecule has 2 atom stereocenters. The molecule has 0 aromatic heterocycles. The molecule has 110 valence electrons. The molecule has 0 saturated carbocycles. The van der Waals surface area contributed by atoms with E-state index in [0.29, 0.717) is 17.8 Å². The summed E-state index contributed by atoms with van der Waals surface area (Å²) < 4.78 is 13.5. The van der Waals surface area contributed by atoms with Gasteiger partial charge in [0.05, 0.1) is 16.4 Å². The number of fused-ring (bicyclic) bond motifs is 1. The van der Waals surface area contributed by atoms with Gasteiger partial charge in [0.25, 0.3) is 0 Å². The van der Waals surface area contributed by atoms with E-state index < -0.39 is 5.82 Å². The van der Waals surface area contributed by atoms with E-state index in [1.807, 2.05) is 0 Å². The van der Waals surface area contributed by atoms with Gasteiger partial charge in [-0.2, -0.15) is 0 Å². The van der Waals surface area contributed by atoms with Gasteiger partial charge in [0, 0.05) is 31.2 Å². The number of nitrogens with zero attached hydrogens (tertiary/aromatic N) is 2. The number of nitrogens with two attached hydrogens (primary N) is 1. The third kappa shape index (κ3) is 2.47. The molecule has 3 rings (SSSR count). The SMILES string of the molecule is CC1CN2CCCCC2CN1c1cc(Cl)c(F)cc1N. The molecule has 2 fully saturated rings. The van der Waals surface area contributed by atoms with Crippen molar-refractivity contribution in [3.8, 4) is 0 Å². The standard InChI is InChI=1S/C15H21ClFN3/c1-10-8-19-5-3-2-4-11(19)9-20(10)15-6-12(16)13(17)7-14(15)18/h6-7,10-11H,2-5,8-9,18H2,1H3. The van der Waals surface area contributed by atoms with Crippen molar-refractivity contribution < 1.29 is 4.39 Å². The zero-order valence-electron chi connectivity index (χ0n) is 11.8. The summed E-state index contributed by atoms with van der Waals surface area (Å²) in [7, 11) is 0. The number of benzene rings is 1. The molecule has 20 heavy (non-hydrogen) atoms. The van der Waals surface area contributed by atoms with Crippen LogP contribution in [0.2, 0.25) is 5.02 Å². The average molecular weight is 298 g/mol. The van der Waals surface area contributed by atoms with Crippen LogP contribution < -0.4 is 10.6 Å². The Morgan fingerprint density at radius 3 is 2.90 bits per heavy atom. The van der Waals surface area contributed by atoms with Crippen molar-refractivity contribution in [2.45, 2.75) is 38.3 Å². The van der Waals surface area contributed by atoms with E-state index in [4.69, 9.17) is 17.3 Å².